The molecule has 3 rings (SSSR count). The number of nitrogens with zero attached hydrogens (tertiary/aromatic N) is 1. The van der Waals surface area contributed by atoms with Crippen LogP contribution in [-0.2, 0) is 6.42 Å². The molecule has 0 bridgehead atoms. The van der Waals surface area contributed by atoms with Crippen LogP contribution in [0.5, 0.6) is 0 Å². The van der Waals surface area contributed by atoms with Crippen LogP contribution in [0.1, 0.15) is 53.4 Å². The third kappa shape index (κ3) is 4.40. The summed E-state index contributed by atoms with van der Waals surface area (Å²) in [4.78, 5) is 6.10. The lowest BCUT2D eigenvalue weighted by Gasteiger charge is -2.22. The van der Waals surface area contributed by atoms with E-state index in [4.69, 9.17) is 4.98 Å². The van der Waals surface area contributed by atoms with Crippen LogP contribution in [0.4, 0.5) is 0 Å². The van der Waals surface area contributed by atoms with Gasteiger partial charge in [-0.25, -0.2) is 4.98 Å². The smallest absolute Gasteiger partial charge is 0.0975 e. The molecule has 124 valence electrons. The lowest BCUT2D eigenvalue weighted by molar-refractivity contribution is 0.250. The minimum Gasteiger partial charge on any atom is -0.396 e. The predicted octanol–water partition coefficient (Wildman–Crippen LogP) is 3.85. The first-order valence-corrected chi connectivity index (χ1v) is 9.36. The summed E-state index contributed by atoms with van der Waals surface area (Å²) in [5.74, 6) is 0.751. The number of hydrogen-bond acceptors (Lipinski definition) is 4. The van der Waals surface area contributed by atoms with Crippen LogP contribution in [0.3, 0.4) is 0 Å². The van der Waals surface area contributed by atoms with Gasteiger partial charge in [0.25, 0.3) is 0 Å². The van der Waals surface area contributed by atoms with Gasteiger partial charge in [-0.3, -0.25) is 0 Å². The molecule has 2 unspecified atom stereocenters. The molecule has 1 aromatic heterocycles. The molecule has 23 heavy (non-hydrogen) atoms. The summed E-state index contributed by atoms with van der Waals surface area (Å²) in [6, 6.07) is 11.3. The SMILES string of the molecule is Cc1nc(Cc2ccccc2)sc1C(C)NC(CCO)C1CC1. The second-order valence-electron chi connectivity index (χ2n) is 6.56. The van der Waals surface area contributed by atoms with Crippen molar-refractivity contribution in [2.45, 2.75) is 51.6 Å². The fraction of sp³-hybridized carbons (Fsp3) is 0.526. The zero-order valence-corrected chi connectivity index (χ0v) is 14.8. The van der Waals surface area contributed by atoms with E-state index in [-0.39, 0.29) is 6.61 Å². The van der Waals surface area contributed by atoms with Gasteiger partial charge in [0.1, 0.15) is 0 Å². The van der Waals surface area contributed by atoms with Crippen molar-refractivity contribution in [3.8, 4) is 0 Å². The van der Waals surface area contributed by atoms with Gasteiger partial charge in [0.15, 0.2) is 0 Å². The van der Waals surface area contributed by atoms with E-state index in [1.54, 1.807) is 0 Å². The summed E-state index contributed by atoms with van der Waals surface area (Å²) >= 11 is 1.82. The van der Waals surface area contributed by atoms with Gasteiger partial charge in [-0.1, -0.05) is 30.3 Å². The largest absolute Gasteiger partial charge is 0.396 e. The monoisotopic (exact) mass is 330 g/mol. The fourth-order valence-electron chi connectivity index (χ4n) is 3.20. The van der Waals surface area contributed by atoms with Gasteiger partial charge in [0.05, 0.1) is 10.7 Å². The number of aryl methyl sites for hydroxylation is 1. The molecule has 2 N–H and O–H groups in total. The Balaban J connectivity index is 1.67. The molecule has 1 saturated carbocycles. The van der Waals surface area contributed by atoms with E-state index in [0.717, 1.165) is 24.5 Å². The normalized spacial score (nSPS) is 17.2. The number of rotatable bonds is 8. The lowest BCUT2D eigenvalue weighted by atomic mass is 10.1. The summed E-state index contributed by atoms with van der Waals surface area (Å²) in [6.07, 6.45) is 4.35. The Morgan fingerprint density at radius 1 is 1.30 bits per heavy atom. The van der Waals surface area contributed by atoms with Crippen LogP contribution in [0.25, 0.3) is 0 Å². The Morgan fingerprint density at radius 2 is 2.04 bits per heavy atom. The van der Waals surface area contributed by atoms with Crippen LogP contribution in [-0.4, -0.2) is 22.7 Å². The first-order valence-electron chi connectivity index (χ1n) is 8.54. The molecule has 2 atom stereocenters. The van der Waals surface area contributed by atoms with E-state index in [1.807, 2.05) is 17.4 Å². The van der Waals surface area contributed by atoms with Crippen molar-refractivity contribution in [3.05, 3.63) is 51.5 Å². The molecule has 0 radical (unpaired) electrons. The topological polar surface area (TPSA) is 45.2 Å². The maximum absolute atomic E-state index is 9.27. The van der Waals surface area contributed by atoms with Crippen LogP contribution in [0.2, 0.25) is 0 Å². The number of thiazole rings is 1. The number of aliphatic hydroxyl groups excluding tert-OH is 1. The van der Waals surface area contributed by atoms with Crippen LogP contribution >= 0.6 is 11.3 Å². The lowest BCUT2D eigenvalue weighted by Crippen LogP contribution is -2.34. The minimum absolute atomic E-state index is 0.266. The molecule has 1 heterocycles. The minimum atomic E-state index is 0.266. The van der Waals surface area contributed by atoms with Gasteiger partial charge in [-0.2, -0.15) is 0 Å². The highest BCUT2D eigenvalue weighted by atomic mass is 32.1. The Bertz CT molecular complexity index is 622. The molecule has 0 amide bonds. The third-order valence-electron chi connectivity index (χ3n) is 4.56. The van der Waals surface area contributed by atoms with E-state index in [2.05, 4.69) is 43.4 Å². The number of benzene rings is 1. The Hall–Kier alpha value is -1.23. The molecule has 0 aliphatic heterocycles. The molecular weight excluding hydrogens is 304 g/mol. The van der Waals surface area contributed by atoms with Gasteiger partial charge >= 0.3 is 0 Å². The van der Waals surface area contributed by atoms with Crippen molar-refractivity contribution in [1.82, 2.24) is 10.3 Å². The maximum Gasteiger partial charge on any atom is 0.0975 e. The molecule has 1 aromatic carbocycles. The van der Waals surface area contributed by atoms with Crippen molar-refractivity contribution >= 4 is 11.3 Å². The Morgan fingerprint density at radius 3 is 2.70 bits per heavy atom. The predicted molar refractivity (Wildman–Crippen MR) is 95.9 cm³/mol. The van der Waals surface area contributed by atoms with Crippen molar-refractivity contribution in [1.29, 1.82) is 0 Å². The van der Waals surface area contributed by atoms with Crippen LogP contribution < -0.4 is 5.32 Å². The number of hydrogen-bond donors (Lipinski definition) is 2. The van der Waals surface area contributed by atoms with Crippen molar-refractivity contribution in [2.75, 3.05) is 6.61 Å². The molecular formula is C19H26N2OS. The highest BCUT2D eigenvalue weighted by Crippen LogP contribution is 2.36. The Kier molecular flexibility index (Phi) is 5.46. The van der Waals surface area contributed by atoms with Gasteiger partial charge < -0.3 is 10.4 Å². The number of nitrogens with one attached hydrogen (secondary N) is 1. The fourth-order valence-corrected chi connectivity index (χ4v) is 4.32. The van der Waals surface area contributed by atoms with Gasteiger partial charge in [0.2, 0.25) is 0 Å². The molecule has 4 heteroatoms. The van der Waals surface area contributed by atoms with Crippen molar-refractivity contribution in [3.63, 3.8) is 0 Å². The van der Waals surface area contributed by atoms with E-state index in [0.29, 0.717) is 12.1 Å². The zero-order valence-electron chi connectivity index (χ0n) is 14.0. The molecule has 2 aromatic rings. The average Bonchev–Trinajstić information content (AvgIpc) is 3.32. The van der Waals surface area contributed by atoms with Gasteiger partial charge in [0, 0.05) is 30.0 Å². The average molecular weight is 330 g/mol. The molecule has 0 spiro atoms. The van der Waals surface area contributed by atoms with Crippen LogP contribution in [0, 0.1) is 12.8 Å². The maximum atomic E-state index is 9.27. The molecule has 1 aliphatic carbocycles. The number of aliphatic hydroxyl groups is 1. The number of aromatic nitrogens is 1. The van der Waals surface area contributed by atoms with Crippen molar-refractivity contribution in [2.24, 2.45) is 5.92 Å². The second-order valence-corrected chi connectivity index (χ2v) is 7.68. The summed E-state index contributed by atoms with van der Waals surface area (Å²) in [6.45, 7) is 4.60. The first-order chi connectivity index (χ1) is 11.2. The van der Waals surface area contributed by atoms with Gasteiger partial charge in [-0.05, 0) is 44.6 Å². The standard InChI is InChI=1S/C19H26N2OS/c1-13(20-17(10-11-22)16-8-9-16)19-14(2)21-18(23-19)12-15-6-4-3-5-7-15/h3-7,13,16-17,20,22H,8-12H2,1-2H3. The molecule has 3 nitrogen and oxygen atoms in total. The molecule has 0 saturated heterocycles. The summed E-state index contributed by atoms with van der Waals surface area (Å²) in [5.41, 5.74) is 2.45. The van der Waals surface area contributed by atoms with Crippen molar-refractivity contribution < 1.29 is 5.11 Å². The summed E-state index contributed by atoms with van der Waals surface area (Å²) < 4.78 is 0. The molecule has 1 aliphatic rings. The highest BCUT2D eigenvalue weighted by molar-refractivity contribution is 7.11. The highest BCUT2D eigenvalue weighted by Gasteiger charge is 2.32. The Labute approximate surface area is 142 Å². The van der Waals surface area contributed by atoms with Gasteiger partial charge in [-0.15, -0.1) is 11.3 Å². The van der Waals surface area contributed by atoms with E-state index in [1.165, 1.54) is 28.3 Å². The van der Waals surface area contributed by atoms with Crippen LogP contribution in [0.15, 0.2) is 30.3 Å². The summed E-state index contributed by atoms with van der Waals surface area (Å²) in [7, 11) is 0. The van der Waals surface area contributed by atoms with E-state index in [9.17, 15) is 5.11 Å². The zero-order chi connectivity index (χ0) is 16.2. The third-order valence-corrected chi connectivity index (χ3v) is 5.90. The van der Waals surface area contributed by atoms with E-state index >= 15 is 0 Å². The summed E-state index contributed by atoms with van der Waals surface area (Å²) in [5, 5.41) is 14.2. The molecule has 1 fully saturated rings. The second kappa shape index (κ2) is 7.56. The van der Waals surface area contributed by atoms with E-state index < -0.39 is 0 Å². The quantitative estimate of drug-likeness (QED) is 0.772. The first kappa shape index (κ1) is 16.6.